The molecule has 2 N–H and O–H groups in total. The van der Waals surface area contributed by atoms with Crippen LogP contribution in [0.15, 0.2) is 48.5 Å². The van der Waals surface area contributed by atoms with Crippen LogP contribution in [0.5, 0.6) is 0 Å². The van der Waals surface area contributed by atoms with E-state index in [1.165, 1.54) is 16.2 Å². The molecule has 174 valence electrons. The van der Waals surface area contributed by atoms with Crippen LogP contribution < -0.4 is 15.5 Å². The van der Waals surface area contributed by atoms with Crippen LogP contribution in [0.2, 0.25) is 0 Å². The molecule has 3 amide bonds. The van der Waals surface area contributed by atoms with Gasteiger partial charge >= 0.3 is 11.8 Å². The Morgan fingerprint density at radius 2 is 1.82 bits per heavy atom. The number of likely N-dealkylation sites (N-methyl/N-ethyl adjacent to an activating group) is 1. The van der Waals surface area contributed by atoms with Crippen molar-refractivity contribution in [2.45, 2.75) is 38.6 Å². The number of hydrogen-bond acceptors (Lipinski definition) is 4. The van der Waals surface area contributed by atoms with Crippen LogP contribution >= 0.6 is 0 Å². The summed E-state index contributed by atoms with van der Waals surface area (Å²) < 4.78 is 0. The number of nitrogens with zero attached hydrogens (tertiary/aromatic N) is 2. The van der Waals surface area contributed by atoms with Crippen LogP contribution in [0.1, 0.15) is 36.8 Å². The van der Waals surface area contributed by atoms with E-state index < -0.39 is 11.8 Å². The van der Waals surface area contributed by atoms with E-state index in [-0.39, 0.29) is 11.8 Å². The molecule has 1 aliphatic carbocycles. The van der Waals surface area contributed by atoms with E-state index in [4.69, 9.17) is 0 Å². The first-order chi connectivity index (χ1) is 16.0. The minimum Gasteiger partial charge on any atom is -0.367 e. The second kappa shape index (κ2) is 10.5. The number of nitrogens with one attached hydrogen (secondary N) is 2. The van der Waals surface area contributed by atoms with Gasteiger partial charge in [0.1, 0.15) is 0 Å². The maximum absolute atomic E-state index is 12.4. The van der Waals surface area contributed by atoms with E-state index >= 15 is 0 Å². The topological polar surface area (TPSA) is 81.8 Å². The number of amides is 3. The van der Waals surface area contributed by atoms with Gasteiger partial charge in [-0.25, -0.2) is 0 Å². The third-order valence-corrected chi connectivity index (χ3v) is 6.56. The minimum atomic E-state index is -0.655. The Kier molecular flexibility index (Phi) is 7.27. The first-order valence-electron chi connectivity index (χ1n) is 11.8. The standard InChI is InChI=1S/C26H32N4O3/c1-29(16-5-15-27-24(31)21-7-4-8-21)26(33)25(32)28-22-12-10-19(11-13-22)18-30-17-14-20-6-2-3-9-23(20)30/h2-3,6,9-13,21H,4-5,7-8,14-18H2,1H3,(H,27,31)(H,28,32). The van der Waals surface area contributed by atoms with Crippen molar-refractivity contribution in [1.29, 1.82) is 0 Å². The average Bonchev–Trinajstić information content (AvgIpc) is 3.19. The van der Waals surface area contributed by atoms with E-state index in [0.717, 1.165) is 44.3 Å². The Bertz CT molecular complexity index is 1000. The van der Waals surface area contributed by atoms with Crippen molar-refractivity contribution in [3.63, 3.8) is 0 Å². The molecule has 0 unspecified atom stereocenters. The van der Waals surface area contributed by atoms with Gasteiger partial charge in [-0.1, -0.05) is 36.8 Å². The lowest BCUT2D eigenvalue weighted by atomic mass is 9.85. The number of fused-ring (bicyclic) bond motifs is 1. The molecular formula is C26H32N4O3. The van der Waals surface area contributed by atoms with Gasteiger partial charge in [0.25, 0.3) is 0 Å². The van der Waals surface area contributed by atoms with Gasteiger partial charge in [0.05, 0.1) is 0 Å². The number of anilines is 2. The summed E-state index contributed by atoms with van der Waals surface area (Å²) in [6, 6.07) is 16.1. The lowest BCUT2D eigenvalue weighted by Crippen LogP contribution is -2.39. The van der Waals surface area contributed by atoms with Crippen molar-refractivity contribution in [2.75, 3.05) is 36.9 Å². The Balaban J connectivity index is 1.20. The molecule has 2 aliphatic rings. The van der Waals surface area contributed by atoms with Crippen LogP contribution in [-0.2, 0) is 27.3 Å². The summed E-state index contributed by atoms with van der Waals surface area (Å²) >= 11 is 0. The minimum absolute atomic E-state index is 0.102. The number of hydrogen-bond donors (Lipinski definition) is 2. The Labute approximate surface area is 195 Å². The summed E-state index contributed by atoms with van der Waals surface area (Å²) in [6.07, 6.45) is 4.74. The smallest absolute Gasteiger partial charge is 0.313 e. The third kappa shape index (κ3) is 5.72. The zero-order chi connectivity index (χ0) is 23.2. The zero-order valence-electron chi connectivity index (χ0n) is 19.2. The molecule has 2 aromatic rings. The van der Waals surface area contributed by atoms with Crippen LogP contribution in [0.25, 0.3) is 0 Å². The van der Waals surface area contributed by atoms with Crippen LogP contribution in [0, 0.1) is 5.92 Å². The predicted molar refractivity (Wildman–Crippen MR) is 129 cm³/mol. The largest absolute Gasteiger partial charge is 0.367 e. The van der Waals surface area contributed by atoms with Gasteiger partial charge in [0.2, 0.25) is 5.91 Å². The summed E-state index contributed by atoms with van der Waals surface area (Å²) in [5.41, 5.74) is 4.41. The van der Waals surface area contributed by atoms with Crippen molar-refractivity contribution in [1.82, 2.24) is 10.2 Å². The fraction of sp³-hybridized carbons (Fsp3) is 0.423. The maximum Gasteiger partial charge on any atom is 0.313 e. The molecule has 1 saturated carbocycles. The highest BCUT2D eigenvalue weighted by Gasteiger charge is 2.25. The molecule has 0 radical (unpaired) electrons. The van der Waals surface area contributed by atoms with Gasteiger partial charge in [0.15, 0.2) is 0 Å². The van der Waals surface area contributed by atoms with Gasteiger partial charge in [-0.2, -0.15) is 0 Å². The van der Waals surface area contributed by atoms with Gasteiger partial charge in [-0.3, -0.25) is 14.4 Å². The molecule has 0 bridgehead atoms. The second-order valence-corrected chi connectivity index (χ2v) is 8.95. The van der Waals surface area contributed by atoms with E-state index in [1.54, 1.807) is 7.05 Å². The molecule has 33 heavy (non-hydrogen) atoms. The summed E-state index contributed by atoms with van der Waals surface area (Å²) in [7, 11) is 1.60. The number of rotatable bonds is 8. The third-order valence-electron chi connectivity index (χ3n) is 6.56. The molecule has 1 aliphatic heterocycles. The van der Waals surface area contributed by atoms with E-state index in [2.05, 4.69) is 39.8 Å². The number of carbonyl (C=O) groups is 3. The summed E-state index contributed by atoms with van der Waals surface area (Å²) in [5.74, 6) is -0.978. The highest BCUT2D eigenvalue weighted by Crippen LogP contribution is 2.29. The summed E-state index contributed by atoms with van der Waals surface area (Å²) in [5, 5.41) is 5.59. The lowest BCUT2D eigenvalue weighted by molar-refractivity contribution is -0.142. The first kappa shape index (κ1) is 22.8. The molecule has 7 nitrogen and oxygen atoms in total. The summed E-state index contributed by atoms with van der Waals surface area (Å²) in [4.78, 5) is 40.3. The number of para-hydroxylation sites is 1. The van der Waals surface area contributed by atoms with Crippen molar-refractivity contribution in [3.8, 4) is 0 Å². The quantitative estimate of drug-likeness (QED) is 0.481. The summed E-state index contributed by atoms with van der Waals surface area (Å²) in [6.45, 7) is 2.73. The number of carbonyl (C=O) groups excluding carboxylic acids is 3. The van der Waals surface area contributed by atoms with Gasteiger partial charge in [-0.15, -0.1) is 0 Å². The van der Waals surface area contributed by atoms with E-state index in [0.29, 0.717) is 25.2 Å². The molecular weight excluding hydrogens is 416 g/mol. The molecule has 0 aromatic heterocycles. The maximum atomic E-state index is 12.4. The van der Waals surface area contributed by atoms with Crippen LogP contribution in [0.4, 0.5) is 11.4 Å². The van der Waals surface area contributed by atoms with Crippen LogP contribution in [-0.4, -0.2) is 49.3 Å². The highest BCUT2D eigenvalue weighted by atomic mass is 16.2. The fourth-order valence-electron chi connectivity index (χ4n) is 4.29. The van der Waals surface area contributed by atoms with Crippen molar-refractivity contribution >= 4 is 29.1 Å². The molecule has 1 heterocycles. The van der Waals surface area contributed by atoms with E-state index in [1.807, 2.05) is 24.3 Å². The molecule has 7 heteroatoms. The van der Waals surface area contributed by atoms with Gasteiger partial charge < -0.3 is 20.4 Å². The molecule has 0 spiro atoms. The fourth-order valence-corrected chi connectivity index (χ4v) is 4.29. The first-order valence-corrected chi connectivity index (χ1v) is 11.8. The Morgan fingerprint density at radius 3 is 2.55 bits per heavy atom. The molecule has 0 saturated heterocycles. The van der Waals surface area contributed by atoms with E-state index in [9.17, 15) is 14.4 Å². The SMILES string of the molecule is CN(CCCNC(=O)C1CCC1)C(=O)C(=O)Nc1ccc(CN2CCc3ccccc32)cc1. The van der Waals surface area contributed by atoms with Crippen LogP contribution in [0.3, 0.4) is 0 Å². The molecule has 4 rings (SSSR count). The molecule has 0 atom stereocenters. The second-order valence-electron chi connectivity index (χ2n) is 8.95. The Morgan fingerprint density at radius 1 is 1.06 bits per heavy atom. The van der Waals surface area contributed by atoms with Crippen molar-refractivity contribution < 1.29 is 14.4 Å². The average molecular weight is 449 g/mol. The molecule has 2 aromatic carbocycles. The zero-order valence-corrected chi connectivity index (χ0v) is 19.2. The van der Waals surface area contributed by atoms with Crippen molar-refractivity contribution in [2.24, 2.45) is 5.92 Å². The van der Waals surface area contributed by atoms with Crippen molar-refractivity contribution in [3.05, 3.63) is 59.7 Å². The highest BCUT2D eigenvalue weighted by molar-refractivity contribution is 6.39. The van der Waals surface area contributed by atoms with Gasteiger partial charge in [-0.05, 0) is 55.0 Å². The van der Waals surface area contributed by atoms with Gasteiger partial charge in [0, 0.05) is 50.5 Å². The normalized spacial score (nSPS) is 14.9. The predicted octanol–water partition coefficient (Wildman–Crippen LogP) is 2.95. The number of benzene rings is 2. The Hall–Kier alpha value is -3.35. The molecule has 1 fully saturated rings. The monoisotopic (exact) mass is 448 g/mol. The lowest BCUT2D eigenvalue weighted by Gasteiger charge is -2.24.